The highest BCUT2D eigenvalue weighted by Crippen LogP contribution is 2.14. The SMILES string of the molecule is CCC(C)COC(=O)C(=NOC)c1ccccc1CCl. The second kappa shape index (κ2) is 8.59. The van der Waals surface area contributed by atoms with Crippen LogP contribution in [0.1, 0.15) is 31.4 Å². The van der Waals surface area contributed by atoms with Crippen LogP contribution in [-0.2, 0) is 20.2 Å². The molecule has 0 aliphatic heterocycles. The predicted molar refractivity (Wildman–Crippen MR) is 80.0 cm³/mol. The molecular weight excluding hydrogens is 278 g/mol. The summed E-state index contributed by atoms with van der Waals surface area (Å²) < 4.78 is 5.27. The van der Waals surface area contributed by atoms with Crippen LogP contribution in [0.25, 0.3) is 0 Å². The Morgan fingerprint density at radius 2 is 2.10 bits per heavy atom. The van der Waals surface area contributed by atoms with Crippen LogP contribution in [0.4, 0.5) is 0 Å². The zero-order valence-electron chi connectivity index (χ0n) is 12.1. The lowest BCUT2D eigenvalue weighted by atomic mass is 10.0. The molecule has 1 rings (SSSR count). The Bertz CT molecular complexity index is 474. The summed E-state index contributed by atoms with van der Waals surface area (Å²) in [6.07, 6.45) is 0.947. The molecule has 0 saturated heterocycles. The monoisotopic (exact) mass is 297 g/mol. The van der Waals surface area contributed by atoms with Crippen LogP contribution in [-0.4, -0.2) is 25.4 Å². The van der Waals surface area contributed by atoms with Crippen molar-refractivity contribution in [3.05, 3.63) is 35.4 Å². The van der Waals surface area contributed by atoms with Gasteiger partial charge in [0.2, 0.25) is 0 Å². The first kappa shape index (κ1) is 16.5. The molecule has 0 radical (unpaired) electrons. The van der Waals surface area contributed by atoms with Gasteiger partial charge in [0.25, 0.3) is 0 Å². The number of oxime groups is 1. The quantitative estimate of drug-likeness (QED) is 0.335. The number of esters is 1. The van der Waals surface area contributed by atoms with E-state index in [0.29, 0.717) is 18.1 Å². The topological polar surface area (TPSA) is 47.9 Å². The molecule has 20 heavy (non-hydrogen) atoms. The number of carbonyl (C=O) groups is 1. The van der Waals surface area contributed by atoms with Gasteiger partial charge in [-0.2, -0.15) is 0 Å². The molecule has 0 N–H and O–H groups in total. The Labute approximate surface area is 124 Å². The normalized spacial score (nSPS) is 12.9. The molecule has 1 atom stereocenters. The number of hydrogen-bond donors (Lipinski definition) is 0. The zero-order valence-corrected chi connectivity index (χ0v) is 12.8. The maximum atomic E-state index is 12.1. The summed E-state index contributed by atoms with van der Waals surface area (Å²) in [7, 11) is 1.39. The van der Waals surface area contributed by atoms with Crippen molar-refractivity contribution in [2.75, 3.05) is 13.7 Å². The highest BCUT2D eigenvalue weighted by Gasteiger charge is 2.20. The number of carbonyl (C=O) groups excluding carboxylic acids is 1. The first-order valence-electron chi connectivity index (χ1n) is 6.56. The third-order valence-electron chi connectivity index (χ3n) is 2.99. The molecule has 110 valence electrons. The van der Waals surface area contributed by atoms with E-state index in [1.165, 1.54) is 7.11 Å². The van der Waals surface area contributed by atoms with Gasteiger partial charge in [0.1, 0.15) is 7.11 Å². The van der Waals surface area contributed by atoms with Crippen molar-refractivity contribution < 1.29 is 14.4 Å². The standard InChI is InChI=1S/C15H20ClNO3/c1-4-11(2)10-20-15(18)14(17-19-3)13-8-6-5-7-12(13)9-16/h5-8,11H,4,9-10H2,1-3H3. The van der Waals surface area contributed by atoms with E-state index >= 15 is 0 Å². The van der Waals surface area contributed by atoms with Gasteiger partial charge in [0.15, 0.2) is 5.71 Å². The van der Waals surface area contributed by atoms with Crippen LogP contribution in [0.15, 0.2) is 29.4 Å². The second-order valence-electron chi connectivity index (χ2n) is 4.53. The van der Waals surface area contributed by atoms with Crippen molar-refractivity contribution in [2.45, 2.75) is 26.1 Å². The lowest BCUT2D eigenvalue weighted by Gasteiger charge is -2.12. The van der Waals surface area contributed by atoms with Gasteiger partial charge in [-0.05, 0) is 11.5 Å². The fraction of sp³-hybridized carbons (Fsp3) is 0.467. The molecule has 0 aliphatic carbocycles. The molecule has 1 aromatic rings. The smallest absolute Gasteiger partial charge is 0.361 e. The summed E-state index contributed by atoms with van der Waals surface area (Å²) >= 11 is 5.88. The largest absolute Gasteiger partial charge is 0.461 e. The molecule has 5 heteroatoms. The van der Waals surface area contributed by atoms with Gasteiger partial charge in [-0.15, -0.1) is 11.6 Å². The van der Waals surface area contributed by atoms with E-state index < -0.39 is 5.97 Å². The van der Waals surface area contributed by atoms with Crippen molar-refractivity contribution in [3.8, 4) is 0 Å². The van der Waals surface area contributed by atoms with E-state index in [-0.39, 0.29) is 11.6 Å². The predicted octanol–water partition coefficient (Wildman–Crippen LogP) is 3.37. The maximum absolute atomic E-state index is 12.1. The average Bonchev–Trinajstić information content (AvgIpc) is 2.49. The van der Waals surface area contributed by atoms with Crippen LogP contribution in [0.3, 0.4) is 0 Å². The number of nitrogens with zero attached hydrogens (tertiary/aromatic N) is 1. The van der Waals surface area contributed by atoms with Crippen LogP contribution >= 0.6 is 11.6 Å². The van der Waals surface area contributed by atoms with Crippen LogP contribution in [0.2, 0.25) is 0 Å². The Hall–Kier alpha value is -1.55. The number of ether oxygens (including phenoxy) is 1. The minimum Gasteiger partial charge on any atom is -0.461 e. The molecule has 0 spiro atoms. The molecule has 0 amide bonds. The maximum Gasteiger partial charge on any atom is 0.361 e. The molecule has 0 saturated carbocycles. The molecule has 0 aromatic heterocycles. The highest BCUT2D eigenvalue weighted by atomic mass is 35.5. The molecule has 4 nitrogen and oxygen atoms in total. The summed E-state index contributed by atoms with van der Waals surface area (Å²) in [5.74, 6) is 0.105. The summed E-state index contributed by atoms with van der Waals surface area (Å²) in [6, 6.07) is 7.30. The third-order valence-corrected chi connectivity index (χ3v) is 3.28. The number of benzene rings is 1. The van der Waals surface area contributed by atoms with E-state index in [1.807, 2.05) is 32.0 Å². The van der Waals surface area contributed by atoms with E-state index in [9.17, 15) is 4.79 Å². The van der Waals surface area contributed by atoms with Gasteiger partial charge in [0, 0.05) is 11.4 Å². The van der Waals surface area contributed by atoms with Gasteiger partial charge in [-0.1, -0.05) is 49.7 Å². The van der Waals surface area contributed by atoms with Crippen molar-refractivity contribution in [2.24, 2.45) is 11.1 Å². The van der Waals surface area contributed by atoms with Crippen LogP contribution < -0.4 is 0 Å². The highest BCUT2D eigenvalue weighted by molar-refractivity contribution is 6.43. The van der Waals surface area contributed by atoms with Crippen molar-refractivity contribution in [1.82, 2.24) is 0 Å². The summed E-state index contributed by atoms with van der Waals surface area (Å²) in [5, 5.41) is 3.79. The fourth-order valence-corrected chi connectivity index (χ4v) is 1.79. The van der Waals surface area contributed by atoms with Crippen molar-refractivity contribution in [1.29, 1.82) is 0 Å². The lowest BCUT2D eigenvalue weighted by Crippen LogP contribution is -2.22. The number of rotatable bonds is 7. The van der Waals surface area contributed by atoms with Crippen LogP contribution in [0.5, 0.6) is 0 Å². The number of alkyl halides is 1. The number of halogens is 1. The minimum atomic E-state index is -0.496. The summed E-state index contributed by atoms with van der Waals surface area (Å²) in [6.45, 7) is 4.43. The molecule has 1 unspecified atom stereocenters. The molecule has 0 heterocycles. The van der Waals surface area contributed by atoms with E-state index in [4.69, 9.17) is 21.2 Å². The van der Waals surface area contributed by atoms with Gasteiger partial charge in [-0.25, -0.2) is 4.79 Å². The first-order chi connectivity index (χ1) is 9.63. The average molecular weight is 298 g/mol. The fourth-order valence-electron chi connectivity index (χ4n) is 1.56. The molecular formula is C15H20ClNO3. The van der Waals surface area contributed by atoms with Gasteiger partial charge in [0.05, 0.1) is 6.61 Å². The Morgan fingerprint density at radius 1 is 1.40 bits per heavy atom. The molecule has 0 aliphatic rings. The molecule has 0 bridgehead atoms. The van der Waals surface area contributed by atoms with Crippen molar-refractivity contribution in [3.63, 3.8) is 0 Å². The van der Waals surface area contributed by atoms with Gasteiger partial charge in [-0.3, -0.25) is 0 Å². The Morgan fingerprint density at radius 3 is 2.70 bits per heavy atom. The van der Waals surface area contributed by atoms with Crippen LogP contribution in [0, 0.1) is 5.92 Å². The number of hydrogen-bond acceptors (Lipinski definition) is 4. The first-order valence-corrected chi connectivity index (χ1v) is 7.09. The van der Waals surface area contributed by atoms with E-state index in [0.717, 1.165) is 12.0 Å². The molecule has 0 fully saturated rings. The lowest BCUT2D eigenvalue weighted by molar-refractivity contribution is -0.136. The zero-order chi connectivity index (χ0) is 15.0. The summed E-state index contributed by atoms with van der Waals surface area (Å²) in [4.78, 5) is 16.9. The molecule has 1 aromatic carbocycles. The van der Waals surface area contributed by atoms with E-state index in [2.05, 4.69) is 5.16 Å². The second-order valence-corrected chi connectivity index (χ2v) is 4.79. The third kappa shape index (κ3) is 4.53. The van der Waals surface area contributed by atoms with Gasteiger partial charge < -0.3 is 9.57 Å². The Kier molecular flexibility index (Phi) is 7.09. The van der Waals surface area contributed by atoms with E-state index in [1.54, 1.807) is 6.07 Å². The Balaban J connectivity index is 2.94. The summed E-state index contributed by atoms with van der Waals surface area (Å²) in [5.41, 5.74) is 1.59. The van der Waals surface area contributed by atoms with Crippen molar-refractivity contribution >= 4 is 23.3 Å². The minimum absolute atomic E-state index is 0.145. The van der Waals surface area contributed by atoms with Gasteiger partial charge >= 0.3 is 5.97 Å².